The Kier molecular flexibility index (Phi) is 12.2. The molecule has 0 spiro atoms. The molecule has 0 unspecified atom stereocenters. The van der Waals surface area contributed by atoms with Gasteiger partial charge in [0.15, 0.2) is 29.3 Å². The van der Waals surface area contributed by atoms with Crippen LogP contribution >= 0.6 is 0 Å². The van der Waals surface area contributed by atoms with Gasteiger partial charge in [0.2, 0.25) is 6.29 Å². The molecule has 0 aromatic heterocycles. The Bertz CT molecular complexity index is 1400. The van der Waals surface area contributed by atoms with E-state index in [4.69, 9.17) is 37.9 Å². The van der Waals surface area contributed by atoms with Crippen LogP contribution in [0.25, 0.3) is 0 Å². The summed E-state index contributed by atoms with van der Waals surface area (Å²) in [6.07, 6.45) is -14.7. The SMILES string of the molecule is COc1ccc(C[C@H]2COC(=O)[C@@H]2Cc2ccc(O[C@@H]3O[C@H](CO[C@@H]4O[C@H](CO)[C@@H](O)[C@H](O)[C@H]4O)[C@@H](O)[C@H](O)[C@H]3O)c(OC)c2)cc1OC. The Balaban J connectivity index is 1.24. The van der Waals surface area contributed by atoms with Gasteiger partial charge in [0, 0.05) is 5.92 Å². The number of ether oxygens (including phenoxy) is 8. The summed E-state index contributed by atoms with van der Waals surface area (Å²) in [6, 6.07) is 10.6. The lowest BCUT2D eigenvalue weighted by Crippen LogP contribution is -2.62. The molecule has 0 radical (unpaired) electrons. The number of carbonyl (C=O) groups is 1. The molecule has 12 atom stereocenters. The van der Waals surface area contributed by atoms with Gasteiger partial charge in [-0.3, -0.25) is 4.79 Å². The summed E-state index contributed by atoms with van der Waals surface area (Å²) in [5, 5.41) is 71.4. The first-order valence-corrected chi connectivity index (χ1v) is 15.8. The summed E-state index contributed by atoms with van der Waals surface area (Å²) in [7, 11) is 4.52. The first kappa shape index (κ1) is 37.0. The van der Waals surface area contributed by atoms with Gasteiger partial charge >= 0.3 is 5.97 Å². The number of hydrogen-bond donors (Lipinski definition) is 7. The minimum absolute atomic E-state index is 0.103. The first-order valence-electron chi connectivity index (χ1n) is 15.8. The summed E-state index contributed by atoms with van der Waals surface area (Å²) >= 11 is 0. The van der Waals surface area contributed by atoms with Crippen molar-refractivity contribution in [2.75, 3.05) is 41.2 Å². The molecule has 0 saturated carbocycles. The van der Waals surface area contributed by atoms with Crippen molar-refractivity contribution in [1.82, 2.24) is 0 Å². The first-order chi connectivity index (χ1) is 23.5. The number of benzene rings is 2. The van der Waals surface area contributed by atoms with Crippen LogP contribution < -0.4 is 18.9 Å². The quantitative estimate of drug-likeness (QED) is 0.116. The number of esters is 1. The largest absolute Gasteiger partial charge is 0.493 e. The van der Waals surface area contributed by atoms with E-state index in [9.17, 15) is 40.5 Å². The zero-order valence-electron chi connectivity index (χ0n) is 27.2. The van der Waals surface area contributed by atoms with Crippen molar-refractivity contribution in [2.24, 2.45) is 11.8 Å². The molecule has 16 heteroatoms. The molecule has 3 aliphatic rings. The van der Waals surface area contributed by atoms with E-state index in [0.29, 0.717) is 24.3 Å². The van der Waals surface area contributed by atoms with Gasteiger partial charge in [-0.15, -0.1) is 0 Å². The number of rotatable bonds is 13. The van der Waals surface area contributed by atoms with E-state index in [0.717, 1.165) is 11.1 Å². The Labute approximate surface area is 282 Å². The van der Waals surface area contributed by atoms with Crippen LogP contribution in [-0.4, -0.2) is 144 Å². The van der Waals surface area contributed by atoms with Crippen molar-refractivity contribution >= 4 is 5.97 Å². The molecule has 3 saturated heterocycles. The monoisotopic (exact) mass is 696 g/mol. The molecule has 5 rings (SSSR count). The van der Waals surface area contributed by atoms with Crippen LogP contribution in [-0.2, 0) is 36.6 Å². The van der Waals surface area contributed by atoms with Crippen LogP contribution in [0.1, 0.15) is 11.1 Å². The summed E-state index contributed by atoms with van der Waals surface area (Å²) in [4.78, 5) is 12.8. The molecule has 49 heavy (non-hydrogen) atoms. The highest BCUT2D eigenvalue weighted by atomic mass is 16.7. The zero-order chi connectivity index (χ0) is 35.4. The molecule has 0 bridgehead atoms. The third-order valence-electron chi connectivity index (χ3n) is 9.13. The summed E-state index contributed by atoms with van der Waals surface area (Å²) in [6.45, 7) is -0.909. The molecule has 3 aliphatic heterocycles. The van der Waals surface area contributed by atoms with E-state index in [-0.39, 0.29) is 30.0 Å². The van der Waals surface area contributed by atoms with Crippen LogP contribution in [0.2, 0.25) is 0 Å². The molecule has 3 fully saturated rings. The van der Waals surface area contributed by atoms with E-state index in [1.807, 2.05) is 18.2 Å². The second kappa shape index (κ2) is 16.2. The molecule has 2 aromatic carbocycles. The van der Waals surface area contributed by atoms with Crippen molar-refractivity contribution in [3.63, 3.8) is 0 Å². The highest BCUT2D eigenvalue weighted by Gasteiger charge is 2.48. The Hall–Kier alpha value is -3.29. The minimum Gasteiger partial charge on any atom is -0.493 e. The number of cyclic esters (lactones) is 1. The van der Waals surface area contributed by atoms with Crippen LogP contribution in [0, 0.1) is 11.8 Å². The molecule has 3 heterocycles. The predicted molar refractivity (Wildman–Crippen MR) is 165 cm³/mol. The van der Waals surface area contributed by atoms with Gasteiger partial charge in [-0.05, 0) is 48.2 Å². The molecule has 0 amide bonds. The van der Waals surface area contributed by atoms with E-state index < -0.39 is 80.5 Å². The minimum atomic E-state index is -1.73. The fourth-order valence-electron chi connectivity index (χ4n) is 6.23. The second-order valence-electron chi connectivity index (χ2n) is 12.2. The summed E-state index contributed by atoms with van der Waals surface area (Å²) in [5.74, 6) is 0.707. The van der Waals surface area contributed by atoms with Crippen LogP contribution in [0.15, 0.2) is 36.4 Å². The third kappa shape index (κ3) is 8.04. The lowest BCUT2D eigenvalue weighted by molar-refractivity contribution is -0.323. The maximum Gasteiger partial charge on any atom is 0.309 e. The van der Waals surface area contributed by atoms with Gasteiger partial charge in [0.25, 0.3) is 0 Å². The molecular formula is C33H44O16. The number of methoxy groups -OCH3 is 3. The third-order valence-corrected chi connectivity index (χ3v) is 9.13. The van der Waals surface area contributed by atoms with Crippen LogP contribution in [0.4, 0.5) is 0 Å². The van der Waals surface area contributed by atoms with Gasteiger partial charge in [0.05, 0.1) is 47.1 Å². The highest BCUT2D eigenvalue weighted by molar-refractivity contribution is 5.75. The number of aliphatic hydroxyl groups is 7. The molecule has 2 aromatic rings. The molecular weight excluding hydrogens is 652 g/mol. The van der Waals surface area contributed by atoms with Gasteiger partial charge < -0.3 is 73.6 Å². The highest BCUT2D eigenvalue weighted by Crippen LogP contribution is 2.36. The Morgan fingerprint density at radius 3 is 1.86 bits per heavy atom. The Morgan fingerprint density at radius 1 is 0.673 bits per heavy atom. The topological polar surface area (TPSA) is 233 Å². The van der Waals surface area contributed by atoms with Crippen molar-refractivity contribution in [2.45, 2.75) is 74.3 Å². The van der Waals surface area contributed by atoms with Crippen molar-refractivity contribution in [3.05, 3.63) is 47.5 Å². The van der Waals surface area contributed by atoms with E-state index in [1.165, 1.54) is 7.11 Å². The predicted octanol–water partition coefficient (Wildman–Crippen LogP) is -1.71. The summed E-state index contributed by atoms with van der Waals surface area (Å²) in [5.41, 5.74) is 1.71. The van der Waals surface area contributed by atoms with E-state index >= 15 is 0 Å². The maximum atomic E-state index is 12.8. The normalized spacial score (nSPS) is 34.7. The second-order valence-corrected chi connectivity index (χ2v) is 12.2. The van der Waals surface area contributed by atoms with E-state index in [2.05, 4.69) is 0 Å². The summed E-state index contributed by atoms with van der Waals surface area (Å²) < 4.78 is 44.1. The van der Waals surface area contributed by atoms with Gasteiger partial charge in [-0.25, -0.2) is 0 Å². The van der Waals surface area contributed by atoms with Gasteiger partial charge in [0.1, 0.15) is 48.8 Å². The molecule has 16 nitrogen and oxygen atoms in total. The van der Waals surface area contributed by atoms with Crippen LogP contribution in [0.3, 0.4) is 0 Å². The van der Waals surface area contributed by atoms with Gasteiger partial charge in [-0.1, -0.05) is 12.1 Å². The van der Waals surface area contributed by atoms with E-state index in [1.54, 1.807) is 32.4 Å². The van der Waals surface area contributed by atoms with Crippen molar-refractivity contribution < 1.29 is 78.4 Å². The fourth-order valence-corrected chi connectivity index (χ4v) is 6.23. The zero-order valence-corrected chi connectivity index (χ0v) is 27.2. The maximum absolute atomic E-state index is 12.8. The van der Waals surface area contributed by atoms with Gasteiger partial charge in [-0.2, -0.15) is 0 Å². The molecule has 272 valence electrons. The lowest BCUT2D eigenvalue weighted by atomic mass is 9.85. The Morgan fingerprint density at radius 2 is 1.22 bits per heavy atom. The van der Waals surface area contributed by atoms with Crippen LogP contribution in [0.5, 0.6) is 23.0 Å². The number of hydrogen-bond acceptors (Lipinski definition) is 16. The van der Waals surface area contributed by atoms with Crippen molar-refractivity contribution in [1.29, 1.82) is 0 Å². The lowest BCUT2D eigenvalue weighted by Gasteiger charge is -2.42. The smallest absolute Gasteiger partial charge is 0.309 e. The standard InChI is InChI=1S/C33H44O16/c1-42-19-6-4-15(10-21(19)43-2)8-17-13-45-31(41)18(17)9-16-5-7-20(22(11-16)44-3)47-33-30(40)28(38)26(36)24(49-33)14-46-32-29(39)27(37)25(35)23(12-34)48-32/h4-7,10-11,17-18,23-30,32-40H,8-9,12-14H2,1-3H3/t17-,18+,23+,24+,25+,26+,27-,28-,29+,30+,32+,33+/m0/s1. The van der Waals surface area contributed by atoms with Crippen molar-refractivity contribution in [3.8, 4) is 23.0 Å². The average molecular weight is 697 g/mol. The number of carbonyl (C=O) groups excluding carboxylic acids is 1. The average Bonchev–Trinajstić information content (AvgIpc) is 3.45. The number of aliphatic hydroxyl groups excluding tert-OH is 7. The fraction of sp³-hybridized carbons (Fsp3) is 0.606. The molecule has 7 N–H and O–H groups in total. The molecule has 0 aliphatic carbocycles.